The number of carbonyl (C=O) groups is 1. The Morgan fingerprint density at radius 2 is 2.38 bits per heavy atom. The van der Waals surface area contributed by atoms with Crippen LogP contribution in [0.2, 0.25) is 0 Å². The second kappa shape index (κ2) is 4.51. The predicted octanol–water partition coefficient (Wildman–Crippen LogP) is 1.66. The molecule has 78 valence electrons. The van der Waals surface area contributed by atoms with E-state index in [0.717, 1.165) is 0 Å². The summed E-state index contributed by atoms with van der Waals surface area (Å²) in [7, 11) is 0. The van der Waals surface area contributed by atoms with E-state index in [4.69, 9.17) is 5.26 Å². The van der Waals surface area contributed by atoms with Gasteiger partial charge in [-0.15, -0.1) is 10.2 Å². The van der Waals surface area contributed by atoms with Crippen LogP contribution in [0.15, 0.2) is 29.8 Å². The zero-order chi connectivity index (χ0) is 11.4. The van der Waals surface area contributed by atoms with Gasteiger partial charge in [0.25, 0.3) is 5.91 Å². The fourth-order valence-corrected chi connectivity index (χ4v) is 1.57. The fourth-order valence-electron chi connectivity index (χ4n) is 1.13. The van der Waals surface area contributed by atoms with Gasteiger partial charge in [0.05, 0.1) is 11.6 Å². The molecule has 0 unspecified atom stereocenters. The first-order valence-electron chi connectivity index (χ1n) is 4.37. The third kappa shape index (κ3) is 2.21. The quantitative estimate of drug-likeness (QED) is 0.850. The first-order valence-corrected chi connectivity index (χ1v) is 5.25. The number of hydrogen-bond donors (Lipinski definition) is 1. The highest BCUT2D eigenvalue weighted by Crippen LogP contribution is 2.11. The lowest BCUT2D eigenvalue weighted by atomic mass is 10.1. The Morgan fingerprint density at radius 3 is 3.06 bits per heavy atom. The lowest BCUT2D eigenvalue weighted by Gasteiger charge is -2.00. The van der Waals surface area contributed by atoms with E-state index in [-0.39, 0.29) is 5.91 Å². The van der Waals surface area contributed by atoms with Crippen LogP contribution < -0.4 is 5.32 Å². The largest absolute Gasteiger partial charge is 0.296 e. The van der Waals surface area contributed by atoms with Gasteiger partial charge in [0, 0.05) is 5.56 Å². The van der Waals surface area contributed by atoms with E-state index in [1.54, 1.807) is 18.2 Å². The Bertz CT molecular complexity index is 544. The summed E-state index contributed by atoms with van der Waals surface area (Å²) in [6, 6.07) is 8.44. The van der Waals surface area contributed by atoms with Crippen LogP contribution in [0.25, 0.3) is 0 Å². The van der Waals surface area contributed by atoms with E-state index in [1.807, 2.05) is 6.07 Å². The summed E-state index contributed by atoms with van der Waals surface area (Å²) < 4.78 is 0. The Kier molecular flexibility index (Phi) is 2.89. The lowest BCUT2D eigenvalue weighted by molar-refractivity contribution is 0.102. The van der Waals surface area contributed by atoms with Gasteiger partial charge in [-0.05, 0) is 18.2 Å². The van der Waals surface area contributed by atoms with Crippen molar-refractivity contribution < 1.29 is 4.79 Å². The molecule has 5 nitrogen and oxygen atoms in total. The Morgan fingerprint density at radius 1 is 1.50 bits per heavy atom. The van der Waals surface area contributed by atoms with Crippen LogP contribution in [0.5, 0.6) is 0 Å². The zero-order valence-corrected chi connectivity index (χ0v) is 8.86. The highest BCUT2D eigenvalue weighted by atomic mass is 32.1. The van der Waals surface area contributed by atoms with E-state index >= 15 is 0 Å². The number of hydrogen-bond acceptors (Lipinski definition) is 5. The van der Waals surface area contributed by atoms with Crippen LogP contribution in [0.4, 0.5) is 5.13 Å². The standard InChI is InChI=1S/C10H6N4OS/c11-5-7-2-1-3-8(4-7)9(15)13-10-14-12-6-16-10/h1-4,6H,(H,13,14,15). The van der Waals surface area contributed by atoms with Crippen LogP contribution in [-0.4, -0.2) is 16.1 Å². The normalized spacial score (nSPS) is 9.44. The van der Waals surface area contributed by atoms with Gasteiger partial charge in [-0.2, -0.15) is 5.26 Å². The van der Waals surface area contributed by atoms with E-state index < -0.39 is 0 Å². The van der Waals surface area contributed by atoms with Crippen molar-refractivity contribution in [1.29, 1.82) is 5.26 Å². The summed E-state index contributed by atoms with van der Waals surface area (Å²) in [6.07, 6.45) is 0. The minimum Gasteiger partial charge on any atom is -0.296 e. The smallest absolute Gasteiger partial charge is 0.257 e. The van der Waals surface area contributed by atoms with Gasteiger partial charge in [0.2, 0.25) is 5.13 Å². The summed E-state index contributed by atoms with van der Waals surface area (Å²) in [5.74, 6) is -0.297. The van der Waals surface area contributed by atoms with Gasteiger partial charge in [-0.1, -0.05) is 17.4 Å². The van der Waals surface area contributed by atoms with Crippen molar-refractivity contribution in [2.24, 2.45) is 0 Å². The molecule has 16 heavy (non-hydrogen) atoms. The maximum absolute atomic E-state index is 11.7. The van der Waals surface area contributed by atoms with Crippen molar-refractivity contribution >= 4 is 22.4 Å². The summed E-state index contributed by atoms with van der Waals surface area (Å²) in [5, 5.41) is 19.0. The Labute approximate surface area is 95.4 Å². The molecule has 6 heteroatoms. The van der Waals surface area contributed by atoms with Gasteiger partial charge < -0.3 is 0 Å². The van der Waals surface area contributed by atoms with Crippen molar-refractivity contribution in [1.82, 2.24) is 10.2 Å². The number of amides is 1. The van der Waals surface area contributed by atoms with E-state index in [0.29, 0.717) is 16.3 Å². The summed E-state index contributed by atoms with van der Waals surface area (Å²) in [4.78, 5) is 11.7. The van der Waals surface area contributed by atoms with E-state index in [1.165, 1.54) is 22.9 Å². The van der Waals surface area contributed by atoms with Crippen LogP contribution >= 0.6 is 11.3 Å². The molecule has 1 N–H and O–H groups in total. The van der Waals surface area contributed by atoms with Crippen molar-refractivity contribution in [3.8, 4) is 6.07 Å². The number of nitrogens with zero attached hydrogens (tertiary/aromatic N) is 3. The SMILES string of the molecule is N#Cc1cccc(C(=O)Nc2nncs2)c1. The number of rotatable bonds is 2. The molecule has 0 saturated heterocycles. The lowest BCUT2D eigenvalue weighted by Crippen LogP contribution is -2.11. The third-order valence-corrected chi connectivity index (χ3v) is 2.44. The molecule has 2 aromatic rings. The number of benzene rings is 1. The molecular weight excluding hydrogens is 224 g/mol. The number of nitriles is 1. The average molecular weight is 230 g/mol. The summed E-state index contributed by atoms with van der Waals surface area (Å²) in [6.45, 7) is 0. The molecule has 0 saturated carbocycles. The maximum Gasteiger partial charge on any atom is 0.257 e. The Balaban J connectivity index is 2.18. The molecule has 1 aromatic carbocycles. The molecule has 1 aromatic heterocycles. The fraction of sp³-hybridized carbons (Fsp3) is 0. The monoisotopic (exact) mass is 230 g/mol. The van der Waals surface area contributed by atoms with Crippen LogP contribution in [-0.2, 0) is 0 Å². The Hall–Kier alpha value is -2.26. The van der Waals surface area contributed by atoms with E-state index in [2.05, 4.69) is 15.5 Å². The van der Waals surface area contributed by atoms with Gasteiger partial charge in [0.15, 0.2) is 0 Å². The highest BCUT2D eigenvalue weighted by Gasteiger charge is 2.08. The summed E-state index contributed by atoms with van der Waals surface area (Å²) in [5.41, 5.74) is 2.40. The summed E-state index contributed by atoms with van der Waals surface area (Å²) >= 11 is 1.24. The molecule has 0 fully saturated rings. The van der Waals surface area contributed by atoms with Crippen LogP contribution in [0, 0.1) is 11.3 Å². The molecule has 1 amide bonds. The van der Waals surface area contributed by atoms with Gasteiger partial charge >= 0.3 is 0 Å². The molecule has 0 atom stereocenters. The van der Waals surface area contributed by atoms with Crippen molar-refractivity contribution in [2.45, 2.75) is 0 Å². The second-order valence-electron chi connectivity index (χ2n) is 2.89. The molecule has 0 aliphatic carbocycles. The van der Waals surface area contributed by atoms with Crippen LogP contribution in [0.3, 0.4) is 0 Å². The number of aromatic nitrogens is 2. The van der Waals surface area contributed by atoms with E-state index in [9.17, 15) is 4.79 Å². The second-order valence-corrected chi connectivity index (χ2v) is 3.72. The molecule has 0 radical (unpaired) electrons. The maximum atomic E-state index is 11.7. The predicted molar refractivity (Wildman–Crippen MR) is 59.0 cm³/mol. The molecule has 0 aliphatic heterocycles. The zero-order valence-electron chi connectivity index (χ0n) is 8.04. The highest BCUT2D eigenvalue weighted by molar-refractivity contribution is 7.13. The van der Waals surface area contributed by atoms with Crippen molar-refractivity contribution in [3.63, 3.8) is 0 Å². The minimum absolute atomic E-state index is 0.297. The number of anilines is 1. The van der Waals surface area contributed by atoms with Gasteiger partial charge in [-0.25, -0.2) is 0 Å². The minimum atomic E-state index is -0.297. The van der Waals surface area contributed by atoms with Gasteiger partial charge in [-0.3, -0.25) is 10.1 Å². The van der Waals surface area contributed by atoms with Gasteiger partial charge in [0.1, 0.15) is 5.51 Å². The molecule has 0 spiro atoms. The first-order chi connectivity index (χ1) is 7.79. The van der Waals surface area contributed by atoms with Crippen molar-refractivity contribution in [2.75, 3.05) is 5.32 Å². The molecule has 0 aliphatic rings. The molecule has 0 bridgehead atoms. The molecular formula is C10H6N4OS. The molecule has 1 heterocycles. The van der Waals surface area contributed by atoms with Crippen LogP contribution in [0.1, 0.15) is 15.9 Å². The molecule has 2 rings (SSSR count). The first kappa shape index (κ1) is 10.3. The topological polar surface area (TPSA) is 78.7 Å². The average Bonchev–Trinajstić information content (AvgIpc) is 2.82. The number of carbonyl (C=O) groups excluding carboxylic acids is 1. The third-order valence-electron chi connectivity index (χ3n) is 1.83. The van der Waals surface area contributed by atoms with Crippen molar-refractivity contribution in [3.05, 3.63) is 40.9 Å². The number of nitrogens with one attached hydrogen (secondary N) is 1.